The van der Waals surface area contributed by atoms with Crippen molar-refractivity contribution in [3.8, 4) is 5.75 Å². The molecule has 36 heavy (non-hydrogen) atoms. The second kappa shape index (κ2) is 11.5. The molecule has 0 bridgehead atoms. The molecular formula is C28H31N3O4S. The Morgan fingerprint density at radius 3 is 2.47 bits per heavy atom. The van der Waals surface area contributed by atoms with Crippen LogP contribution in [0.3, 0.4) is 0 Å². The number of aliphatic imine (C=N–C) groups is 1. The smallest absolute Gasteiger partial charge is 0.338 e. The predicted molar refractivity (Wildman–Crippen MR) is 143 cm³/mol. The summed E-state index contributed by atoms with van der Waals surface area (Å²) in [6, 6.07) is 16.8. The van der Waals surface area contributed by atoms with Gasteiger partial charge in [-0.15, -0.1) is 0 Å². The van der Waals surface area contributed by atoms with Crippen LogP contribution < -0.4 is 10.1 Å². The second-order valence-electron chi connectivity index (χ2n) is 8.57. The van der Waals surface area contributed by atoms with Crippen molar-refractivity contribution in [2.75, 3.05) is 13.7 Å². The van der Waals surface area contributed by atoms with Gasteiger partial charge >= 0.3 is 5.97 Å². The number of esters is 1. The van der Waals surface area contributed by atoms with Crippen LogP contribution in [0.2, 0.25) is 0 Å². The van der Waals surface area contributed by atoms with Crippen LogP contribution in [-0.4, -0.2) is 41.7 Å². The number of ether oxygens (including phenoxy) is 2. The van der Waals surface area contributed by atoms with Gasteiger partial charge in [-0.1, -0.05) is 61.2 Å². The molecule has 0 aromatic heterocycles. The molecule has 1 N–H and O–H groups in total. The number of amides is 1. The highest BCUT2D eigenvalue weighted by molar-refractivity contribution is 8.16. The molecule has 0 aliphatic carbocycles. The molecule has 2 heterocycles. The maximum Gasteiger partial charge on any atom is 0.338 e. The first-order chi connectivity index (χ1) is 17.5. The molecule has 8 heteroatoms. The first-order valence-electron chi connectivity index (χ1n) is 12.1. The Morgan fingerprint density at radius 1 is 1.11 bits per heavy atom. The number of carbonyl (C=O) groups is 2. The highest BCUT2D eigenvalue weighted by Crippen LogP contribution is 2.47. The Hall–Kier alpha value is -3.52. The SMILES string of the molecule is CCOC(=O)C1=C(c2ccccc2)N=C2SC=C(CC(=O)N[C@H](C)CC)N2[C@H]1c1ccc(OC)cc1. The third-order valence-electron chi connectivity index (χ3n) is 6.15. The van der Waals surface area contributed by atoms with Crippen LogP contribution in [0, 0.1) is 0 Å². The minimum atomic E-state index is -0.518. The van der Waals surface area contributed by atoms with Crippen molar-refractivity contribution in [3.63, 3.8) is 0 Å². The Morgan fingerprint density at radius 2 is 1.83 bits per heavy atom. The number of carbonyl (C=O) groups excluding carboxylic acids is 2. The number of hydrogen-bond acceptors (Lipinski definition) is 7. The summed E-state index contributed by atoms with van der Waals surface area (Å²) < 4.78 is 10.9. The summed E-state index contributed by atoms with van der Waals surface area (Å²) in [4.78, 5) is 33.2. The summed E-state index contributed by atoms with van der Waals surface area (Å²) in [6.45, 7) is 6.05. The summed E-state index contributed by atoms with van der Waals surface area (Å²) in [5.41, 5.74) is 3.50. The van der Waals surface area contributed by atoms with E-state index >= 15 is 0 Å². The zero-order valence-corrected chi connectivity index (χ0v) is 21.8. The fraction of sp³-hybridized carbons (Fsp3) is 0.321. The minimum Gasteiger partial charge on any atom is -0.497 e. The van der Waals surface area contributed by atoms with Crippen LogP contribution in [-0.2, 0) is 14.3 Å². The fourth-order valence-corrected chi connectivity index (χ4v) is 5.10. The molecule has 0 saturated carbocycles. The van der Waals surface area contributed by atoms with Crippen molar-refractivity contribution < 1.29 is 19.1 Å². The molecule has 2 aromatic carbocycles. The fourth-order valence-electron chi connectivity index (χ4n) is 4.18. The third kappa shape index (κ3) is 5.33. The lowest BCUT2D eigenvalue weighted by atomic mass is 9.91. The molecule has 0 spiro atoms. The Balaban J connectivity index is 1.83. The van der Waals surface area contributed by atoms with Gasteiger partial charge in [0.25, 0.3) is 0 Å². The van der Waals surface area contributed by atoms with E-state index in [0.717, 1.165) is 23.2 Å². The molecule has 4 rings (SSSR count). The van der Waals surface area contributed by atoms with Gasteiger partial charge < -0.3 is 19.7 Å². The molecule has 0 saturated heterocycles. The Labute approximate surface area is 216 Å². The number of benzene rings is 2. The number of hydrogen-bond donors (Lipinski definition) is 1. The largest absolute Gasteiger partial charge is 0.497 e. The third-order valence-corrected chi connectivity index (χ3v) is 7.03. The summed E-state index contributed by atoms with van der Waals surface area (Å²) in [6.07, 6.45) is 1.03. The van der Waals surface area contributed by atoms with Crippen LogP contribution >= 0.6 is 11.8 Å². The van der Waals surface area contributed by atoms with Crippen LogP contribution in [0.25, 0.3) is 5.70 Å². The van der Waals surface area contributed by atoms with Gasteiger partial charge in [0.1, 0.15) is 5.75 Å². The highest BCUT2D eigenvalue weighted by Gasteiger charge is 2.42. The van der Waals surface area contributed by atoms with E-state index in [-0.39, 0.29) is 25.0 Å². The standard InChI is InChI=1S/C28H31N3O4S/c1-5-18(3)29-23(32)16-21-17-36-28-30-25(19-10-8-7-9-11-19)24(27(33)35-6-2)26(31(21)28)20-12-14-22(34-4)15-13-20/h7-15,17-18,26H,5-6,16H2,1-4H3,(H,29,32)/t18-,26+/m1/s1. The van der Waals surface area contributed by atoms with Gasteiger partial charge in [0.15, 0.2) is 5.17 Å². The van der Waals surface area contributed by atoms with E-state index in [9.17, 15) is 9.59 Å². The lowest BCUT2D eigenvalue weighted by Crippen LogP contribution is -2.39. The molecule has 2 aromatic rings. The number of thioether (sulfide) groups is 1. The van der Waals surface area contributed by atoms with E-state index in [4.69, 9.17) is 14.5 Å². The molecule has 2 atom stereocenters. The van der Waals surface area contributed by atoms with Crippen LogP contribution in [0.4, 0.5) is 0 Å². The Kier molecular flexibility index (Phi) is 8.15. The van der Waals surface area contributed by atoms with E-state index in [1.807, 2.05) is 78.8 Å². The number of methoxy groups -OCH3 is 1. The summed E-state index contributed by atoms with van der Waals surface area (Å²) in [7, 11) is 1.62. The minimum absolute atomic E-state index is 0.0681. The summed E-state index contributed by atoms with van der Waals surface area (Å²) in [5.74, 6) is 0.217. The Bertz CT molecular complexity index is 1210. The first kappa shape index (κ1) is 25.6. The topological polar surface area (TPSA) is 80.2 Å². The van der Waals surface area contributed by atoms with E-state index < -0.39 is 12.0 Å². The number of nitrogens with one attached hydrogen (secondary N) is 1. The van der Waals surface area contributed by atoms with Gasteiger partial charge in [-0.25, -0.2) is 9.79 Å². The zero-order valence-electron chi connectivity index (χ0n) is 21.0. The molecule has 7 nitrogen and oxygen atoms in total. The van der Waals surface area contributed by atoms with Crippen molar-refractivity contribution in [2.24, 2.45) is 4.99 Å². The average Bonchev–Trinajstić information content (AvgIpc) is 3.30. The van der Waals surface area contributed by atoms with Gasteiger partial charge in [0.05, 0.1) is 37.4 Å². The van der Waals surface area contributed by atoms with Crippen molar-refractivity contribution in [3.05, 3.63) is 82.4 Å². The van der Waals surface area contributed by atoms with Gasteiger partial charge in [-0.3, -0.25) is 4.79 Å². The van der Waals surface area contributed by atoms with E-state index in [1.165, 1.54) is 11.8 Å². The normalized spacial score (nSPS) is 17.7. The summed E-state index contributed by atoms with van der Waals surface area (Å²) >= 11 is 1.46. The molecule has 2 aliphatic heterocycles. The van der Waals surface area contributed by atoms with Gasteiger partial charge in [0.2, 0.25) is 5.91 Å². The molecule has 0 fully saturated rings. The summed E-state index contributed by atoms with van der Waals surface area (Å²) in [5, 5.41) is 5.70. The van der Waals surface area contributed by atoms with Crippen LogP contribution in [0.15, 0.2) is 76.3 Å². The zero-order chi connectivity index (χ0) is 25.7. The quantitative estimate of drug-likeness (QED) is 0.468. The molecular weight excluding hydrogens is 474 g/mol. The monoisotopic (exact) mass is 505 g/mol. The van der Waals surface area contributed by atoms with Crippen molar-refractivity contribution in [1.29, 1.82) is 0 Å². The van der Waals surface area contributed by atoms with Gasteiger partial charge in [-0.2, -0.15) is 0 Å². The molecule has 0 radical (unpaired) electrons. The molecule has 1 amide bonds. The van der Waals surface area contributed by atoms with E-state index in [0.29, 0.717) is 22.2 Å². The lowest BCUT2D eigenvalue weighted by Gasteiger charge is -2.37. The average molecular weight is 506 g/mol. The number of amidine groups is 1. The molecule has 0 unspecified atom stereocenters. The highest BCUT2D eigenvalue weighted by atomic mass is 32.2. The van der Waals surface area contributed by atoms with Crippen LogP contribution in [0.5, 0.6) is 5.75 Å². The number of nitrogens with zero attached hydrogens (tertiary/aromatic N) is 2. The second-order valence-corrected chi connectivity index (χ2v) is 9.41. The molecule has 2 aliphatic rings. The van der Waals surface area contributed by atoms with Crippen LogP contribution in [0.1, 0.15) is 50.8 Å². The first-order valence-corrected chi connectivity index (χ1v) is 13.0. The number of fused-ring (bicyclic) bond motifs is 1. The van der Waals surface area contributed by atoms with Crippen molar-refractivity contribution in [1.82, 2.24) is 10.2 Å². The molecule has 188 valence electrons. The van der Waals surface area contributed by atoms with Crippen molar-refractivity contribution >= 4 is 34.5 Å². The predicted octanol–water partition coefficient (Wildman–Crippen LogP) is 5.28. The van der Waals surface area contributed by atoms with E-state index in [2.05, 4.69) is 5.32 Å². The number of rotatable bonds is 9. The maximum atomic E-state index is 13.5. The lowest BCUT2D eigenvalue weighted by molar-refractivity contribution is -0.139. The maximum absolute atomic E-state index is 13.5. The van der Waals surface area contributed by atoms with Gasteiger partial charge in [0, 0.05) is 17.3 Å². The van der Waals surface area contributed by atoms with Crippen molar-refractivity contribution in [2.45, 2.75) is 45.7 Å². The van der Waals surface area contributed by atoms with Gasteiger partial charge in [-0.05, 0) is 43.4 Å². The van der Waals surface area contributed by atoms with E-state index in [1.54, 1.807) is 14.0 Å².